The molecule has 1 amide bonds. The number of anilines is 1. The third-order valence-corrected chi connectivity index (χ3v) is 6.39. The van der Waals surface area contributed by atoms with Gasteiger partial charge in [0.05, 0.1) is 17.9 Å². The summed E-state index contributed by atoms with van der Waals surface area (Å²) in [6, 6.07) is 11.6. The summed E-state index contributed by atoms with van der Waals surface area (Å²) in [6.07, 6.45) is 3.68. The van der Waals surface area contributed by atoms with Gasteiger partial charge >= 0.3 is 0 Å². The summed E-state index contributed by atoms with van der Waals surface area (Å²) < 4.78 is 5.77. The van der Waals surface area contributed by atoms with Crippen LogP contribution in [0.5, 0.6) is 5.75 Å². The molecule has 0 bridgehead atoms. The zero-order valence-corrected chi connectivity index (χ0v) is 19.6. The van der Waals surface area contributed by atoms with E-state index in [1.807, 2.05) is 0 Å². The van der Waals surface area contributed by atoms with Crippen molar-refractivity contribution in [2.75, 3.05) is 11.6 Å². The molecule has 0 spiro atoms. The predicted octanol–water partition coefficient (Wildman–Crippen LogP) is 5.59. The normalized spacial score (nSPS) is 14.5. The van der Waals surface area contributed by atoms with Crippen LogP contribution in [0.1, 0.15) is 54.1 Å². The van der Waals surface area contributed by atoms with Crippen molar-refractivity contribution in [1.82, 2.24) is 5.32 Å². The van der Waals surface area contributed by atoms with Gasteiger partial charge in [-0.05, 0) is 50.5 Å². The van der Waals surface area contributed by atoms with Crippen molar-refractivity contribution in [3.8, 4) is 5.75 Å². The highest BCUT2D eigenvalue weighted by molar-refractivity contribution is 8.03. The Labute approximate surface area is 193 Å². The number of allylic oxidation sites excluding steroid dienone is 1. The van der Waals surface area contributed by atoms with Crippen LogP contribution in [-0.2, 0) is 4.79 Å². The number of carbonyl (C=O) groups is 2. The second-order valence-corrected chi connectivity index (χ2v) is 8.77. The van der Waals surface area contributed by atoms with Gasteiger partial charge in [0.15, 0.2) is 0 Å². The Morgan fingerprint density at radius 3 is 2.75 bits per heavy atom. The quantitative estimate of drug-likeness (QED) is 0.221. The third kappa shape index (κ3) is 5.40. The van der Waals surface area contributed by atoms with E-state index in [0.29, 0.717) is 42.3 Å². The first-order valence-corrected chi connectivity index (χ1v) is 11.6. The molecular formula is C25H29N3O3S. The molecular weight excluding hydrogens is 422 g/mol. The number of nitrogens with one attached hydrogen (secondary N) is 1. The fourth-order valence-corrected chi connectivity index (χ4v) is 4.66. The number of unbranched alkanes of at least 4 members (excludes halogenated alkanes) is 1. The monoisotopic (exact) mass is 451 g/mol. The summed E-state index contributed by atoms with van der Waals surface area (Å²) in [6.45, 7) is 10.5. The molecule has 0 unspecified atom stereocenters. The molecule has 32 heavy (non-hydrogen) atoms. The fraction of sp³-hybridized carbons (Fsp3) is 0.320. The van der Waals surface area contributed by atoms with E-state index >= 15 is 0 Å². The summed E-state index contributed by atoms with van der Waals surface area (Å²) in [4.78, 5) is 25.6. The van der Waals surface area contributed by atoms with Crippen molar-refractivity contribution in [2.45, 2.75) is 51.3 Å². The molecule has 1 aliphatic heterocycles. The number of ether oxygens (including phenoxy) is 1. The minimum absolute atomic E-state index is 0.183. The van der Waals surface area contributed by atoms with Crippen LogP contribution in [0.25, 0.3) is 0 Å². The number of benzene rings is 2. The van der Waals surface area contributed by atoms with E-state index in [4.69, 9.17) is 4.74 Å². The molecule has 7 heteroatoms. The smallest absolute Gasteiger partial charge is 0.259 e. The van der Waals surface area contributed by atoms with E-state index in [-0.39, 0.29) is 5.91 Å². The average molecular weight is 452 g/mol. The average Bonchev–Trinajstić information content (AvgIpc) is 2.78. The molecule has 1 N–H and O–H groups in total. The molecule has 1 aliphatic rings. The standard InChI is InChI=1S/C25H29N3O3S/c1-5-8-23(32-22-12-9-17(2)15-18(22)3)24-27-25(30)20-11-10-19(31-14-7-6-13-29)16-21(20)28(24)26-4/h9-13,15-16H,4-8,14H2,1-3H3,(H,27,30)/b24-23+. The van der Waals surface area contributed by atoms with Crippen LogP contribution < -0.4 is 15.1 Å². The maximum atomic E-state index is 12.9. The molecule has 0 aliphatic carbocycles. The second kappa shape index (κ2) is 11.0. The summed E-state index contributed by atoms with van der Waals surface area (Å²) in [5, 5.41) is 8.93. The topological polar surface area (TPSA) is 71.0 Å². The lowest BCUT2D eigenvalue weighted by atomic mass is 10.1. The van der Waals surface area contributed by atoms with Gasteiger partial charge in [0.25, 0.3) is 5.91 Å². The number of rotatable bonds is 10. The fourth-order valence-electron chi connectivity index (χ4n) is 3.50. The molecule has 2 aromatic rings. The number of thioether (sulfide) groups is 1. The summed E-state index contributed by atoms with van der Waals surface area (Å²) >= 11 is 1.65. The van der Waals surface area contributed by atoms with Crippen molar-refractivity contribution < 1.29 is 14.3 Å². The van der Waals surface area contributed by atoms with Crippen molar-refractivity contribution in [3.63, 3.8) is 0 Å². The number of amides is 1. The van der Waals surface area contributed by atoms with Crippen LogP contribution in [-0.4, -0.2) is 25.5 Å². The number of fused-ring (bicyclic) bond motifs is 1. The number of aryl methyl sites for hydroxylation is 2. The molecule has 168 valence electrons. The Bertz CT molecular complexity index is 1050. The van der Waals surface area contributed by atoms with E-state index in [0.717, 1.165) is 28.9 Å². The molecule has 0 saturated carbocycles. The zero-order valence-electron chi connectivity index (χ0n) is 18.8. The van der Waals surface area contributed by atoms with Gasteiger partial charge in [-0.25, -0.2) is 5.01 Å². The van der Waals surface area contributed by atoms with Gasteiger partial charge in [0.2, 0.25) is 0 Å². The van der Waals surface area contributed by atoms with E-state index in [2.05, 4.69) is 56.1 Å². The Kier molecular flexibility index (Phi) is 8.11. The SMILES string of the molecule is C=NN1/C(=C(\CCC)Sc2ccc(C)cc2C)NC(=O)c2ccc(OCCCC=O)cc21. The minimum Gasteiger partial charge on any atom is -0.494 e. The second-order valence-electron chi connectivity index (χ2n) is 7.64. The molecule has 0 aromatic heterocycles. The van der Waals surface area contributed by atoms with E-state index in [9.17, 15) is 9.59 Å². The van der Waals surface area contributed by atoms with Crippen LogP contribution in [0.2, 0.25) is 0 Å². The van der Waals surface area contributed by atoms with Gasteiger partial charge in [0.1, 0.15) is 17.9 Å². The van der Waals surface area contributed by atoms with Gasteiger partial charge in [-0.1, -0.05) is 42.8 Å². The molecule has 0 radical (unpaired) electrons. The first kappa shape index (κ1) is 23.6. The van der Waals surface area contributed by atoms with E-state index in [1.54, 1.807) is 35.0 Å². The molecule has 2 aromatic carbocycles. The van der Waals surface area contributed by atoms with Gasteiger partial charge in [-0.2, -0.15) is 5.10 Å². The lowest BCUT2D eigenvalue weighted by molar-refractivity contribution is -0.108. The maximum Gasteiger partial charge on any atom is 0.259 e. The van der Waals surface area contributed by atoms with Gasteiger partial charge in [-0.3, -0.25) is 4.79 Å². The Balaban J connectivity index is 1.98. The van der Waals surface area contributed by atoms with E-state index in [1.165, 1.54) is 11.1 Å². The van der Waals surface area contributed by atoms with Crippen LogP contribution in [0, 0.1) is 13.8 Å². The Hall–Kier alpha value is -3.06. The number of carbonyl (C=O) groups excluding carboxylic acids is 2. The number of hydrogen-bond donors (Lipinski definition) is 1. The van der Waals surface area contributed by atoms with Crippen molar-refractivity contribution in [3.05, 3.63) is 63.8 Å². The number of hydrogen-bond acceptors (Lipinski definition) is 6. The highest BCUT2D eigenvalue weighted by atomic mass is 32.2. The lowest BCUT2D eigenvalue weighted by Crippen LogP contribution is -2.39. The molecule has 1 heterocycles. The van der Waals surface area contributed by atoms with Crippen LogP contribution in [0.3, 0.4) is 0 Å². The first-order chi connectivity index (χ1) is 15.5. The van der Waals surface area contributed by atoms with E-state index < -0.39 is 0 Å². The maximum absolute atomic E-state index is 12.9. The van der Waals surface area contributed by atoms with Crippen molar-refractivity contribution in [2.24, 2.45) is 5.10 Å². The highest BCUT2D eigenvalue weighted by Gasteiger charge is 2.29. The van der Waals surface area contributed by atoms with Gasteiger partial charge < -0.3 is 14.8 Å². The van der Waals surface area contributed by atoms with Gasteiger partial charge in [0, 0.05) is 29.0 Å². The van der Waals surface area contributed by atoms with Gasteiger partial charge in [-0.15, -0.1) is 0 Å². The molecule has 6 nitrogen and oxygen atoms in total. The lowest BCUT2D eigenvalue weighted by Gasteiger charge is -2.31. The molecule has 0 atom stereocenters. The molecule has 3 rings (SSSR count). The largest absolute Gasteiger partial charge is 0.494 e. The van der Waals surface area contributed by atoms with Crippen LogP contribution >= 0.6 is 11.8 Å². The number of aldehydes is 1. The zero-order chi connectivity index (χ0) is 23.1. The summed E-state index contributed by atoms with van der Waals surface area (Å²) in [7, 11) is 0. The number of hydrazone groups is 1. The molecule has 0 saturated heterocycles. The van der Waals surface area contributed by atoms with Crippen LogP contribution in [0.4, 0.5) is 5.69 Å². The summed E-state index contributed by atoms with van der Waals surface area (Å²) in [5.41, 5.74) is 3.54. The van der Waals surface area contributed by atoms with Crippen molar-refractivity contribution >= 4 is 36.4 Å². The first-order valence-electron chi connectivity index (χ1n) is 10.7. The Morgan fingerprint density at radius 1 is 1.25 bits per heavy atom. The van der Waals surface area contributed by atoms with Crippen LogP contribution in [0.15, 0.2) is 57.1 Å². The van der Waals surface area contributed by atoms with Crippen molar-refractivity contribution in [1.29, 1.82) is 0 Å². The molecule has 0 fully saturated rings. The predicted molar refractivity (Wildman–Crippen MR) is 130 cm³/mol. The minimum atomic E-state index is -0.183. The number of nitrogens with zero attached hydrogens (tertiary/aromatic N) is 2. The summed E-state index contributed by atoms with van der Waals surface area (Å²) in [5.74, 6) is 1.07. The highest BCUT2D eigenvalue weighted by Crippen LogP contribution is 2.39. The Morgan fingerprint density at radius 2 is 2.06 bits per heavy atom. The third-order valence-electron chi connectivity index (χ3n) is 5.07.